The lowest BCUT2D eigenvalue weighted by Crippen LogP contribution is -2.33. The first-order valence-electron chi connectivity index (χ1n) is 10.1. The molecule has 7 nitrogen and oxygen atoms in total. The summed E-state index contributed by atoms with van der Waals surface area (Å²) in [4.78, 5) is 35.0. The van der Waals surface area contributed by atoms with Crippen molar-refractivity contribution in [3.63, 3.8) is 0 Å². The minimum atomic E-state index is -0.254. The number of hydrogen-bond donors (Lipinski definition) is 1. The van der Waals surface area contributed by atoms with Crippen molar-refractivity contribution in [2.24, 2.45) is 0 Å². The molecule has 0 spiro atoms. The van der Waals surface area contributed by atoms with Crippen LogP contribution in [0.4, 0.5) is 5.69 Å². The van der Waals surface area contributed by atoms with Gasteiger partial charge in [0.2, 0.25) is 5.91 Å². The molecule has 1 aliphatic heterocycles. The molecule has 0 atom stereocenters. The Balaban J connectivity index is 1.65. The first-order chi connectivity index (χ1) is 14.5. The van der Waals surface area contributed by atoms with Gasteiger partial charge in [0.25, 0.3) is 5.56 Å². The number of nitrogens with zero attached hydrogens (tertiary/aromatic N) is 3. The van der Waals surface area contributed by atoms with E-state index in [1.54, 1.807) is 47.3 Å². The number of aromatic nitrogens is 2. The van der Waals surface area contributed by atoms with E-state index >= 15 is 0 Å². The summed E-state index contributed by atoms with van der Waals surface area (Å²) < 4.78 is 6.69. The molecule has 0 radical (unpaired) electrons. The van der Waals surface area contributed by atoms with Crippen molar-refractivity contribution < 1.29 is 9.53 Å². The molecule has 0 aliphatic carbocycles. The zero-order valence-electron chi connectivity index (χ0n) is 17.5. The Hall–Kier alpha value is -2.71. The summed E-state index contributed by atoms with van der Waals surface area (Å²) in [5, 5.41) is 3.49. The fourth-order valence-electron chi connectivity index (χ4n) is 3.81. The average molecular weight is 427 g/mol. The van der Waals surface area contributed by atoms with Gasteiger partial charge in [-0.2, -0.15) is 0 Å². The summed E-state index contributed by atoms with van der Waals surface area (Å²) >= 11 is 1.54. The normalized spacial score (nSPS) is 14.4. The summed E-state index contributed by atoms with van der Waals surface area (Å²) in [5.41, 5.74) is 1.47. The van der Waals surface area contributed by atoms with Gasteiger partial charge in [-0.1, -0.05) is 0 Å². The third kappa shape index (κ3) is 4.11. The fraction of sp³-hybridized carbons (Fsp3) is 0.409. The first-order valence-corrected chi connectivity index (χ1v) is 10.9. The second-order valence-electron chi connectivity index (χ2n) is 7.64. The molecule has 1 N–H and O–H groups in total. The molecule has 3 heterocycles. The van der Waals surface area contributed by atoms with Crippen LogP contribution in [0.15, 0.2) is 29.1 Å². The van der Waals surface area contributed by atoms with Crippen LogP contribution in [0.1, 0.15) is 29.1 Å². The van der Waals surface area contributed by atoms with Crippen LogP contribution in [-0.4, -0.2) is 40.6 Å². The van der Waals surface area contributed by atoms with Crippen molar-refractivity contribution in [2.75, 3.05) is 25.5 Å². The summed E-state index contributed by atoms with van der Waals surface area (Å²) in [6, 6.07) is 7.12. The molecule has 8 heteroatoms. The first kappa shape index (κ1) is 20.6. The highest BCUT2D eigenvalue weighted by Gasteiger charge is 2.21. The number of aryl methyl sites for hydroxylation is 2. The van der Waals surface area contributed by atoms with Crippen LogP contribution in [-0.2, 0) is 17.9 Å². The molecule has 158 valence electrons. The summed E-state index contributed by atoms with van der Waals surface area (Å²) in [7, 11) is 1.60. The summed E-state index contributed by atoms with van der Waals surface area (Å²) in [6.07, 6.45) is 2.31. The van der Waals surface area contributed by atoms with E-state index < -0.39 is 0 Å². The summed E-state index contributed by atoms with van der Waals surface area (Å²) in [5.74, 6) is 1.12. The van der Waals surface area contributed by atoms with Gasteiger partial charge in [-0.15, -0.1) is 11.3 Å². The molecule has 2 aromatic heterocycles. The quantitative estimate of drug-likeness (QED) is 0.654. The number of amides is 1. The Morgan fingerprint density at radius 3 is 2.57 bits per heavy atom. The smallest absolute Gasteiger partial charge is 0.263 e. The third-order valence-electron chi connectivity index (χ3n) is 5.61. The number of fused-ring (bicyclic) bond motifs is 1. The van der Waals surface area contributed by atoms with Crippen LogP contribution >= 0.6 is 11.3 Å². The van der Waals surface area contributed by atoms with Gasteiger partial charge in [-0.05, 0) is 69.6 Å². The Bertz CT molecular complexity index is 1130. The molecule has 1 saturated heterocycles. The second-order valence-corrected chi connectivity index (χ2v) is 8.85. The number of benzene rings is 1. The van der Waals surface area contributed by atoms with Gasteiger partial charge >= 0.3 is 0 Å². The Labute approximate surface area is 179 Å². The number of hydrogen-bond acceptors (Lipinski definition) is 6. The standard InChI is InChI=1S/C22H26N4O3S/c1-14-15(2)30-21-20(14)22(28)26(18(24-21)12-25-10-4-5-11-25)13-19(27)23-16-6-8-17(29-3)9-7-16/h6-9H,4-5,10-13H2,1-3H3,(H,23,27). The van der Waals surface area contributed by atoms with E-state index in [0.717, 1.165) is 47.0 Å². The number of anilines is 1. The van der Waals surface area contributed by atoms with E-state index in [2.05, 4.69) is 10.2 Å². The molecule has 0 unspecified atom stereocenters. The number of carbonyl (C=O) groups excluding carboxylic acids is 1. The molecular formula is C22H26N4O3S. The molecule has 1 amide bonds. The Morgan fingerprint density at radius 1 is 1.20 bits per heavy atom. The number of nitrogens with one attached hydrogen (secondary N) is 1. The van der Waals surface area contributed by atoms with E-state index in [0.29, 0.717) is 23.4 Å². The number of methoxy groups -OCH3 is 1. The Kier molecular flexibility index (Phi) is 5.87. The van der Waals surface area contributed by atoms with Crippen LogP contribution in [0.5, 0.6) is 5.75 Å². The van der Waals surface area contributed by atoms with Crippen LogP contribution in [0.3, 0.4) is 0 Å². The van der Waals surface area contributed by atoms with Crippen molar-refractivity contribution in [1.29, 1.82) is 0 Å². The van der Waals surface area contributed by atoms with Gasteiger partial charge in [0.15, 0.2) is 0 Å². The largest absolute Gasteiger partial charge is 0.497 e. The maximum absolute atomic E-state index is 13.3. The highest BCUT2D eigenvalue weighted by Crippen LogP contribution is 2.27. The van der Waals surface area contributed by atoms with Crippen molar-refractivity contribution in [3.05, 3.63) is 50.9 Å². The topological polar surface area (TPSA) is 76.5 Å². The van der Waals surface area contributed by atoms with E-state index in [-0.39, 0.29) is 18.0 Å². The molecule has 3 aromatic rings. The van der Waals surface area contributed by atoms with Crippen molar-refractivity contribution in [2.45, 2.75) is 39.8 Å². The monoisotopic (exact) mass is 426 g/mol. The molecule has 1 aromatic carbocycles. The molecule has 4 rings (SSSR count). The average Bonchev–Trinajstić information content (AvgIpc) is 3.33. The number of carbonyl (C=O) groups is 1. The van der Waals surface area contributed by atoms with Gasteiger partial charge in [-0.25, -0.2) is 4.98 Å². The van der Waals surface area contributed by atoms with E-state index in [9.17, 15) is 9.59 Å². The molecular weight excluding hydrogens is 400 g/mol. The van der Waals surface area contributed by atoms with Gasteiger partial charge < -0.3 is 10.1 Å². The maximum atomic E-state index is 13.3. The number of rotatable bonds is 6. The van der Waals surface area contributed by atoms with Gasteiger partial charge in [0, 0.05) is 10.6 Å². The SMILES string of the molecule is COc1ccc(NC(=O)Cn2c(CN3CCCC3)nc3sc(C)c(C)c3c2=O)cc1. The van der Waals surface area contributed by atoms with Gasteiger partial charge in [-0.3, -0.25) is 19.1 Å². The molecule has 1 aliphatic rings. The minimum absolute atomic E-state index is 0.0642. The molecule has 0 saturated carbocycles. The highest BCUT2D eigenvalue weighted by molar-refractivity contribution is 7.18. The minimum Gasteiger partial charge on any atom is -0.497 e. The second kappa shape index (κ2) is 8.57. The predicted molar refractivity (Wildman–Crippen MR) is 119 cm³/mol. The van der Waals surface area contributed by atoms with Gasteiger partial charge in [0.05, 0.1) is 19.0 Å². The maximum Gasteiger partial charge on any atom is 0.263 e. The lowest BCUT2D eigenvalue weighted by Gasteiger charge is -2.18. The number of ether oxygens (including phenoxy) is 1. The lowest BCUT2D eigenvalue weighted by molar-refractivity contribution is -0.116. The van der Waals surface area contributed by atoms with E-state index in [4.69, 9.17) is 9.72 Å². The molecule has 1 fully saturated rings. The van der Waals surface area contributed by atoms with E-state index in [1.165, 1.54) is 0 Å². The number of thiophene rings is 1. The lowest BCUT2D eigenvalue weighted by atomic mass is 10.2. The molecule has 30 heavy (non-hydrogen) atoms. The van der Waals surface area contributed by atoms with Crippen LogP contribution in [0.25, 0.3) is 10.2 Å². The van der Waals surface area contributed by atoms with Crippen molar-refractivity contribution in [3.8, 4) is 5.75 Å². The number of likely N-dealkylation sites (tertiary alicyclic amines) is 1. The molecule has 0 bridgehead atoms. The predicted octanol–water partition coefficient (Wildman–Crippen LogP) is 3.32. The zero-order chi connectivity index (χ0) is 21.3. The zero-order valence-corrected chi connectivity index (χ0v) is 18.3. The third-order valence-corrected chi connectivity index (χ3v) is 6.71. The van der Waals surface area contributed by atoms with Crippen LogP contribution < -0.4 is 15.6 Å². The van der Waals surface area contributed by atoms with Crippen molar-refractivity contribution in [1.82, 2.24) is 14.5 Å². The van der Waals surface area contributed by atoms with Crippen LogP contribution in [0.2, 0.25) is 0 Å². The van der Waals surface area contributed by atoms with E-state index in [1.807, 2.05) is 13.8 Å². The van der Waals surface area contributed by atoms with Crippen molar-refractivity contribution >= 4 is 33.1 Å². The fourth-order valence-corrected chi connectivity index (χ4v) is 4.85. The highest BCUT2D eigenvalue weighted by atomic mass is 32.1. The van der Waals surface area contributed by atoms with Crippen LogP contribution in [0, 0.1) is 13.8 Å². The summed E-state index contributed by atoms with van der Waals surface area (Å²) in [6.45, 7) is 6.45. The Morgan fingerprint density at radius 2 is 1.90 bits per heavy atom. The van der Waals surface area contributed by atoms with Gasteiger partial charge in [0.1, 0.15) is 22.9 Å².